The molecule has 0 aliphatic rings. The summed E-state index contributed by atoms with van der Waals surface area (Å²) in [7, 11) is 0. The van der Waals surface area contributed by atoms with Gasteiger partial charge in [0.1, 0.15) is 18.1 Å². The maximum Gasteiger partial charge on any atom is 0.251 e. The topological polar surface area (TPSA) is 47.6 Å². The highest BCUT2D eigenvalue weighted by molar-refractivity contribution is 5.94. The van der Waals surface area contributed by atoms with Crippen LogP contribution < -0.4 is 14.8 Å². The van der Waals surface area contributed by atoms with Crippen molar-refractivity contribution in [1.29, 1.82) is 0 Å². The third kappa shape index (κ3) is 5.63. The molecular weight excluding hydrogens is 374 g/mol. The van der Waals surface area contributed by atoms with E-state index in [2.05, 4.69) is 11.4 Å². The van der Waals surface area contributed by atoms with Gasteiger partial charge in [-0.25, -0.2) is 0 Å². The van der Waals surface area contributed by atoms with Crippen molar-refractivity contribution in [2.75, 3.05) is 6.61 Å². The summed E-state index contributed by atoms with van der Waals surface area (Å²) >= 11 is 0. The van der Waals surface area contributed by atoms with Gasteiger partial charge in [0.25, 0.3) is 5.91 Å². The van der Waals surface area contributed by atoms with Crippen LogP contribution in [0.25, 0.3) is 0 Å². The van der Waals surface area contributed by atoms with Crippen LogP contribution in [0.5, 0.6) is 11.5 Å². The van der Waals surface area contributed by atoms with E-state index in [0.29, 0.717) is 18.8 Å². The maximum atomic E-state index is 12.8. The van der Waals surface area contributed by atoms with Gasteiger partial charge in [-0.05, 0) is 74.7 Å². The van der Waals surface area contributed by atoms with E-state index >= 15 is 0 Å². The van der Waals surface area contributed by atoms with E-state index in [1.807, 2.05) is 82.3 Å². The highest BCUT2D eigenvalue weighted by atomic mass is 16.5. The second-order valence-corrected chi connectivity index (χ2v) is 7.47. The minimum atomic E-state index is -0.123. The Bertz CT molecular complexity index is 978. The van der Waals surface area contributed by atoms with Gasteiger partial charge in [-0.1, -0.05) is 36.4 Å². The first-order valence-electron chi connectivity index (χ1n) is 10.3. The Hall–Kier alpha value is -3.27. The van der Waals surface area contributed by atoms with E-state index < -0.39 is 0 Å². The molecule has 0 bridgehead atoms. The number of nitrogens with one attached hydrogen (secondary N) is 1. The van der Waals surface area contributed by atoms with Gasteiger partial charge in [-0.2, -0.15) is 0 Å². The average molecular weight is 404 g/mol. The van der Waals surface area contributed by atoms with E-state index in [-0.39, 0.29) is 11.9 Å². The number of hydrogen-bond acceptors (Lipinski definition) is 3. The molecule has 156 valence electrons. The molecule has 1 atom stereocenters. The molecule has 3 aromatic rings. The van der Waals surface area contributed by atoms with Gasteiger partial charge in [-0.3, -0.25) is 4.79 Å². The van der Waals surface area contributed by atoms with Gasteiger partial charge in [0.05, 0.1) is 12.6 Å². The molecule has 0 aromatic heterocycles. The summed E-state index contributed by atoms with van der Waals surface area (Å²) < 4.78 is 11.8. The lowest BCUT2D eigenvalue weighted by molar-refractivity contribution is 0.0939. The number of carbonyl (C=O) groups is 1. The molecule has 0 heterocycles. The predicted octanol–water partition coefficient (Wildman–Crippen LogP) is 5.77. The zero-order valence-corrected chi connectivity index (χ0v) is 18.1. The zero-order chi connectivity index (χ0) is 21.5. The summed E-state index contributed by atoms with van der Waals surface area (Å²) in [5, 5.41) is 3.06. The molecule has 0 fully saturated rings. The molecule has 3 rings (SSSR count). The summed E-state index contributed by atoms with van der Waals surface area (Å²) in [6.07, 6.45) is 0. The molecule has 0 aliphatic heterocycles. The third-order valence-electron chi connectivity index (χ3n) is 4.86. The van der Waals surface area contributed by atoms with Gasteiger partial charge in [0.2, 0.25) is 0 Å². The van der Waals surface area contributed by atoms with Crippen molar-refractivity contribution in [2.24, 2.45) is 0 Å². The van der Waals surface area contributed by atoms with Crippen molar-refractivity contribution in [2.45, 2.75) is 40.3 Å². The Balaban J connectivity index is 1.76. The number of aryl methyl sites for hydroxylation is 2. The van der Waals surface area contributed by atoms with Crippen molar-refractivity contribution in [1.82, 2.24) is 5.32 Å². The first-order valence-corrected chi connectivity index (χ1v) is 10.3. The van der Waals surface area contributed by atoms with Crippen molar-refractivity contribution in [3.05, 3.63) is 94.5 Å². The largest absolute Gasteiger partial charge is 0.493 e. The van der Waals surface area contributed by atoms with E-state index in [0.717, 1.165) is 33.8 Å². The fourth-order valence-corrected chi connectivity index (χ4v) is 3.41. The van der Waals surface area contributed by atoms with Gasteiger partial charge in [0.15, 0.2) is 0 Å². The lowest BCUT2D eigenvalue weighted by atomic mass is 10.1. The van der Waals surface area contributed by atoms with Crippen LogP contribution in [0.4, 0.5) is 0 Å². The minimum Gasteiger partial charge on any atom is -0.493 e. The molecule has 30 heavy (non-hydrogen) atoms. The molecule has 0 radical (unpaired) electrons. The summed E-state index contributed by atoms with van der Waals surface area (Å²) in [5.74, 6) is 1.42. The zero-order valence-electron chi connectivity index (χ0n) is 18.1. The molecule has 4 heteroatoms. The van der Waals surface area contributed by atoms with Crippen LogP contribution in [-0.2, 0) is 6.61 Å². The summed E-state index contributed by atoms with van der Waals surface area (Å²) in [6.45, 7) is 8.89. The Morgan fingerprint density at radius 1 is 0.933 bits per heavy atom. The fraction of sp³-hybridized carbons (Fsp3) is 0.269. The predicted molar refractivity (Wildman–Crippen MR) is 120 cm³/mol. The molecule has 1 amide bonds. The second kappa shape index (κ2) is 9.97. The number of amides is 1. The number of ether oxygens (including phenoxy) is 2. The molecule has 4 nitrogen and oxygen atoms in total. The second-order valence-electron chi connectivity index (χ2n) is 7.47. The number of hydrogen-bond donors (Lipinski definition) is 1. The number of rotatable bonds is 8. The number of carbonyl (C=O) groups excluding carboxylic acids is 1. The molecule has 0 saturated heterocycles. The Morgan fingerprint density at radius 2 is 1.63 bits per heavy atom. The normalized spacial score (nSPS) is 11.6. The van der Waals surface area contributed by atoms with Crippen molar-refractivity contribution < 1.29 is 14.3 Å². The monoisotopic (exact) mass is 403 g/mol. The van der Waals surface area contributed by atoms with Crippen LogP contribution in [0.2, 0.25) is 0 Å². The first kappa shape index (κ1) is 21.4. The van der Waals surface area contributed by atoms with Crippen LogP contribution in [0.1, 0.15) is 52.5 Å². The lowest BCUT2D eigenvalue weighted by Gasteiger charge is -2.16. The van der Waals surface area contributed by atoms with Gasteiger partial charge < -0.3 is 14.8 Å². The SMILES string of the molecule is CCOc1ccc(C(=O)NC(C)c2ccccc2)cc1COc1cc(C)cc(C)c1. The lowest BCUT2D eigenvalue weighted by Crippen LogP contribution is -2.26. The quantitative estimate of drug-likeness (QED) is 0.519. The van der Waals surface area contributed by atoms with Gasteiger partial charge in [0, 0.05) is 11.1 Å². The third-order valence-corrected chi connectivity index (χ3v) is 4.86. The minimum absolute atomic E-state index is 0.0831. The molecule has 0 spiro atoms. The van der Waals surface area contributed by atoms with Crippen LogP contribution >= 0.6 is 0 Å². The van der Waals surface area contributed by atoms with Crippen LogP contribution in [0, 0.1) is 13.8 Å². The summed E-state index contributed by atoms with van der Waals surface area (Å²) in [4.78, 5) is 12.8. The molecule has 1 unspecified atom stereocenters. The Labute approximate surface area is 178 Å². The Morgan fingerprint density at radius 3 is 2.30 bits per heavy atom. The van der Waals surface area contributed by atoms with E-state index in [4.69, 9.17) is 9.47 Å². The summed E-state index contributed by atoms with van der Waals surface area (Å²) in [6, 6.07) is 21.4. The first-order chi connectivity index (χ1) is 14.5. The molecule has 0 aliphatic carbocycles. The summed E-state index contributed by atoms with van der Waals surface area (Å²) in [5.41, 5.74) is 4.79. The van der Waals surface area contributed by atoms with Crippen LogP contribution in [0.3, 0.4) is 0 Å². The molecular formula is C26H29NO3. The smallest absolute Gasteiger partial charge is 0.251 e. The van der Waals surface area contributed by atoms with Crippen molar-refractivity contribution in [3.8, 4) is 11.5 Å². The van der Waals surface area contributed by atoms with E-state index in [1.165, 1.54) is 0 Å². The van der Waals surface area contributed by atoms with Crippen molar-refractivity contribution >= 4 is 5.91 Å². The fourth-order valence-electron chi connectivity index (χ4n) is 3.41. The standard InChI is InChI=1S/C26H29NO3/c1-5-29-25-12-11-22(26(28)27-20(4)21-9-7-6-8-10-21)16-23(25)17-30-24-14-18(2)13-19(3)15-24/h6-16,20H,5,17H2,1-4H3,(H,27,28). The van der Waals surface area contributed by atoms with E-state index in [1.54, 1.807) is 6.07 Å². The van der Waals surface area contributed by atoms with Crippen LogP contribution in [-0.4, -0.2) is 12.5 Å². The average Bonchev–Trinajstić information content (AvgIpc) is 2.73. The van der Waals surface area contributed by atoms with Crippen LogP contribution in [0.15, 0.2) is 66.7 Å². The molecule has 0 saturated carbocycles. The maximum absolute atomic E-state index is 12.8. The number of benzene rings is 3. The van der Waals surface area contributed by atoms with Gasteiger partial charge >= 0.3 is 0 Å². The van der Waals surface area contributed by atoms with E-state index in [9.17, 15) is 4.79 Å². The highest BCUT2D eigenvalue weighted by Crippen LogP contribution is 2.24. The van der Waals surface area contributed by atoms with Crippen molar-refractivity contribution in [3.63, 3.8) is 0 Å². The molecule has 3 aromatic carbocycles. The highest BCUT2D eigenvalue weighted by Gasteiger charge is 2.14. The molecule has 1 N–H and O–H groups in total. The Kier molecular flexibility index (Phi) is 7.12. The van der Waals surface area contributed by atoms with Gasteiger partial charge in [-0.15, -0.1) is 0 Å².